The molecule has 0 aliphatic heterocycles. The van der Waals surface area contributed by atoms with Gasteiger partial charge in [0.05, 0.1) is 6.04 Å². The molecule has 0 unspecified atom stereocenters. The molecule has 0 heterocycles. The first kappa shape index (κ1) is 15.0. The fourth-order valence-corrected chi connectivity index (χ4v) is 4.34. The number of aliphatic imine (C=N–C) groups is 1. The number of benzene rings is 2. The number of nitriles is 1. The summed E-state index contributed by atoms with van der Waals surface area (Å²) in [5.41, 5.74) is 5.45. The largest absolute Gasteiger partial charge is 0.280 e. The minimum absolute atomic E-state index is 0.296. The fraction of sp³-hybridized carbons (Fsp3) is 0.333. The predicted molar refractivity (Wildman–Crippen MR) is 96.0 cm³/mol. The van der Waals surface area contributed by atoms with Gasteiger partial charge in [-0.1, -0.05) is 48.5 Å². The highest BCUT2D eigenvalue weighted by Crippen LogP contribution is 2.54. The van der Waals surface area contributed by atoms with Crippen molar-refractivity contribution in [2.45, 2.75) is 44.1 Å². The topological polar surface area (TPSA) is 48.2 Å². The van der Waals surface area contributed by atoms with Crippen LogP contribution in [-0.4, -0.2) is 11.9 Å². The molecule has 2 bridgehead atoms. The molecule has 0 spiro atoms. The number of amidine groups is 1. The first-order valence-corrected chi connectivity index (χ1v) is 8.61. The van der Waals surface area contributed by atoms with Crippen molar-refractivity contribution in [2.75, 3.05) is 0 Å². The second-order valence-electron chi connectivity index (χ2n) is 6.89. The van der Waals surface area contributed by atoms with Crippen LogP contribution in [0.15, 0.2) is 53.5 Å². The maximum absolute atomic E-state index is 9.11. The summed E-state index contributed by atoms with van der Waals surface area (Å²) in [5, 5.41) is 11.9. The molecule has 3 nitrogen and oxygen atoms in total. The van der Waals surface area contributed by atoms with Gasteiger partial charge in [0, 0.05) is 12.3 Å². The number of rotatable bonds is 3. The molecule has 1 N–H and O–H groups in total. The standard InChI is InChI=1S/C21H21N3/c1-14-6-2-3-7-15(14)12-21(23-13-22)24-20-11-16-10-19(20)18-9-5-4-8-17(16)18/h2-9,16,19-20H,10-12H2,1H3,(H,23,24)/t16-,19-,20-/m1/s1. The third-order valence-corrected chi connectivity index (χ3v) is 5.51. The van der Waals surface area contributed by atoms with Gasteiger partial charge in [-0.3, -0.25) is 10.3 Å². The quantitative estimate of drug-likeness (QED) is 0.402. The lowest BCUT2D eigenvalue weighted by molar-refractivity contribution is 0.594. The molecule has 0 saturated heterocycles. The highest BCUT2D eigenvalue weighted by molar-refractivity contribution is 5.86. The van der Waals surface area contributed by atoms with Gasteiger partial charge in [0.1, 0.15) is 5.84 Å². The van der Waals surface area contributed by atoms with E-state index in [4.69, 9.17) is 10.3 Å². The van der Waals surface area contributed by atoms with E-state index in [1.54, 1.807) is 0 Å². The van der Waals surface area contributed by atoms with E-state index in [1.165, 1.54) is 28.7 Å². The van der Waals surface area contributed by atoms with E-state index in [0.29, 0.717) is 24.3 Å². The summed E-state index contributed by atoms with van der Waals surface area (Å²) in [6, 6.07) is 17.4. The fourth-order valence-electron chi connectivity index (χ4n) is 4.34. The summed E-state index contributed by atoms with van der Waals surface area (Å²) >= 11 is 0. The van der Waals surface area contributed by atoms with E-state index in [9.17, 15) is 0 Å². The molecule has 1 fully saturated rings. The number of fused-ring (bicyclic) bond motifs is 5. The Balaban J connectivity index is 1.59. The Kier molecular flexibility index (Phi) is 3.82. The maximum Gasteiger partial charge on any atom is 0.182 e. The van der Waals surface area contributed by atoms with Crippen LogP contribution in [0.1, 0.15) is 46.9 Å². The van der Waals surface area contributed by atoms with Gasteiger partial charge in [0.15, 0.2) is 6.19 Å². The summed E-state index contributed by atoms with van der Waals surface area (Å²) in [7, 11) is 0. The zero-order valence-corrected chi connectivity index (χ0v) is 13.9. The minimum atomic E-state index is 0.296. The van der Waals surface area contributed by atoms with E-state index in [-0.39, 0.29) is 0 Å². The lowest BCUT2D eigenvalue weighted by atomic mass is 9.88. The zero-order valence-electron chi connectivity index (χ0n) is 13.9. The Morgan fingerprint density at radius 2 is 1.88 bits per heavy atom. The number of hydrogen-bond acceptors (Lipinski definition) is 2. The van der Waals surface area contributed by atoms with Gasteiger partial charge in [-0.15, -0.1) is 0 Å². The van der Waals surface area contributed by atoms with Crippen LogP contribution in [0.2, 0.25) is 0 Å². The molecule has 2 aromatic rings. The second-order valence-corrected chi connectivity index (χ2v) is 6.89. The van der Waals surface area contributed by atoms with E-state index in [0.717, 1.165) is 12.3 Å². The Morgan fingerprint density at radius 1 is 1.12 bits per heavy atom. The first-order chi connectivity index (χ1) is 11.8. The van der Waals surface area contributed by atoms with Gasteiger partial charge in [0.2, 0.25) is 0 Å². The SMILES string of the molecule is Cc1ccccc1CC(=N[C@@H]1C[C@H]2C[C@@H]1c1ccccc12)NC#N. The van der Waals surface area contributed by atoms with Crippen LogP contribution >= 0.6 is 0 Å². The van der Waals surface area contributed by atoms with Gasteiger partial charge in [-0.2, -0.15) is 5.26 Å². The monoisotopic (exact) mass is 315 g/mol. The van der Waals surface area contributed by atoms with Crippen molar-refractivity contribution < 1.29 is 0 Å². The molecule has 2 aliphatic rings. The molecule has 1 saturated carbocycles. The van der Waals surface area contributed by atoms with Crippen molar-refractivity contribution in [3.63, 3.8) is 0 Å². The smallest absolute Gasteiger partial charge is 0.182 e. The molecular formula is C21H21N3. The van der Waals surface area contributed by atoms with E-state index in [2.05, 4.69) is 54.8 Å². The number of nitrogens with zero attached hydrogens (tertiary/aromatic N) is 2. The molecule has 3 atom stereocenters. The van der Waals surface area contributed by atoms with Crippen LogP contribution < -0.4 is 5.32 Å². The average molecular weight is 315 g/mol. The van der Waals surface area contributed by atoms with Crippen molar-refractivity contribution in [3.8, 4) is 6.19 Å². The van der Waals surface area contributed by atoms with Crippen molar-refractivity contribution >= 4 is 5.84 Å². The van der Waals surface area contributed by atoms with Crippen LogP contribution in [0, 0.1) is 18.4 Å². The van der Waals surface area contributed by atoms with Crippen LogP contribution in [0.5, 0.6) is 0 Å². The number of nitrogens with one attached hydrogen (secondary N) is 1. The molecular weight excluding hydrogens is 294 g/mol. The Bertz CT molecular complexity index is 831. The molecule has 0 radical (unpaired) electrons. The predicted octanol–water partition coefficient (Wildman–Crippen LogP) is 4.05. The third kappa shape index (κ3) is 2.59. The molecule has 2 aromatic carbocycles. The van der Waals surface area contributed by atoms with E-state index in [1.807, 2.05) is 12.1 Å². The first-order valence-electron chi connectivity index (χ1n) is 8.61. The summed E-state index contributed by atoms with van der Waals surface area (Å²) in [4.78, 5) is 4.97. The molecule has 0 aromatic heterocycles. The van der Waals surface area contributed by atoms with Gasteiger partial charge in [-0.05, 0) is 47.9 Å². The van der Waals surface area contributed by atoms with Crippen LogP contribution in [0.25, 0.3) is 0 Å². The van der Waals surface area contributed by atoms with Crippen molar-refractivity contribution in [1.82, 2.24) is 5.32 Å². The molecule has 24 heavy (non-hydrogen) atoms. The molecule has 3 heteroatoms. The average Bonchev–Trinajstić information content (AvgIpc) is 3.16. The highest BCUT2D eigenvalue weighted by atomic mass is 15.0. The highest BCUT2D eigenvalue weighted by Gasteiger charge is 2.43. The van der Waals surface area contributed by atoms with Crippen LogP contribution in [-0.2, 0) is 6.42 Å². The Morgan fingerprint density at radius 3 is 2.67 bits per heavy atom. The Hall–Kier alpha value is -2.60. The lowest BCUT2D eigenvalue weighted by Gasteiger charge is -2.22. The normalized spacial score (nSPS) is 24.5. The summed E-state index contributed by atoms with van der Waals surface area (Å²) < 4.78 is 0. The van der Waals surface area contributed by atoms with Crippen molar-refractivity contribution in [2.24, 2.45) is 4.99 Å². The van der Waals surface area contributed by atoms with Gasteiger partial charge in [-0.25, -0.2) is 0 Å². The minimum Gasteiger partial charge on any atom is -0.280 e. The second kappa shape index (κ2) is 6.13. The lowest BCUT2D eigenvalue weighted by Crippen LogP contribution is -2.25. The van der Waals surface area contributed by atoms with Crippen LogP contribution in [0.4, 0.5) is 0 Å². The molecule has 0 amide bonds. The van der Waals surface area contributed by atoms with Gasteiger partial charge >= 0.3 is 0 Å². The maximum atomic E-state index is 9.11. The summed E-state index contributed by atoms with van der Waals surface area (Å²) in [6.45, 7) is 2.10. The zero-order chi connectivity index (χ0) is 16.5. The number of aryl methyl sites for hydroxylation is 1. The summed E-state index contributed by atoms with van der Waals surface area (Å²) in [6.07, 6.45) is 5.06. The molecule has 4 rings (SSSR count). The molecule has 120 valence electrons. The van der Waals surface area contributed by atoms with E-state index >= 15 is 0 Å². The Labute approximate surface area is 143 Å². The van der Waals surface area contributed by atoms with Gasteiger partial charge < -0.3 is 0 Å². The van der Waals surface area contributed by atoms with Crippen LogP contribution in [0.3, 0.4) is 0 Å². The molecule has 2 aliphatic carbocycles. The van der Waals surface area contributed by atoms with E-state index < -0.39 is 0 Å². The van der Waals surface area contributed by atoms with Crippen molar-refractivity contribution in [3.05, 3.63) is 70.8 Å². The third-order valence-electron chi connectivity index (χ3n) is 5.51. The number of hydrogen-bond donors (Lipinski definition) is 1. The summed E-state index contributed by atoms with van der Waals surface area (Å²) in [5.74, 6) is 1.95. The van der Waals surface area contributed by atoms with Gasteiger partial charge in [0.25, 0.3) is 0 Å². The van der Waals surface area contributed by atoms with Crippen molar-refractivity contribution in [1.29, 1.82) is 5.26 Å².